The fourth-order valence-corrected chi connectivity index (χ4v) is 5.28. The van der Waals surface area contributed by atoms with Gasteiger partial charge in [0.2, 0.25) is 0 Å². The molecule has 228 valence electrons. The van der Waals surface area contributed by atoms with Gasteiger partial charge in [-0.25, -0.2) is 14.8 Å². The van der Waals surface area contributed by atoms with Crippen LogP contribution in [0.2, 0.25) is 5.02 Å². The second-order valence-electron chi connectivity index (χ2n) is 10.3. The number of anilines is 2. The van der Waals surface area contributed by atoms with E-state index in [1.54, 1.807) is 34.1 Å². The zero-order valence-corrected chi connectivity index (χ0v) is 23.7. The zero-order chi connectivity index (χ0) is 31.0. The molecule has 0 atom stereocenters. The van der Waals surface area contributed by atoms with Crippen molar-refractivity contribution in [2.75, 3.05) is 44.6 Å². The van der Waals surface area contributed by atoms with E-state index in [2.05, 4.69) is 31.0 Å². The van der Waals surface area contributed by atoms with Crippen molar-refractivity contribution in [1.29, 1.82) is 5.26 Å². The van der Waals surface area contributed by atoms with E-state index in [0.717, 1.165) is 24.0 Å². The van der Waals surface area contributed by atoms with Crippen molar-refractivity contribution in [2.24, 2.45) is 0 Å². The summed E-state index contributed by atoms with van der Waals surface area (Å²) < 4.78 is 43.6. The number of hydrogen-bond donors (Lipinski definition) is 3. The predicted molar refractivity (Wildman–Crippen MR) is 152 cm³/mol. The average molecular weight is 628 g/mol. The molecule has 5 heterocycles. The number of piperazine rings is 1. The van der Waals surface area contributed by atoms with Crippen LogP contribution in [0.4, 0.5) is 29.5 Å². The first kappa shape index (κ1) is 29.2. The van der Waals surface area contributed by atoms with Gasteiger partial charge in [-0.1, -0.05) is 11.6 Å². The van der Waals surface area contributed by atoms with Crippen LogP contribution in [-0.4, -0.2) is 91.2 Å². The van der Waals surface area contributed by atoms with Gasteiger partial charge in [-0.05, 0) is 18.2 Å². The van der Waals surface area contributed by atoms with E-state index < -0.39 is 11.9 Å². The van der Waals surface area contributed by atoms with E-state index in [1.807, 2.05) is 0 Å². The molecular weight excluding hydrogens is 603 g/mol. The number of rotatable bonds is 6. The summed E-state index contributed by atoms with van der Waals surface area (Å²) in [5, 5.41) is 21.8. The lowest BCUT2D eigenvalue weighted by Gasteiger charge is -2.37. The standard InChI is InChI=1S/C27H25ClF3N11O2/c28-20-11-16(1-2-18(20)25(43)39-7-9-40(10-8-39)26(44)37-17-12-33-13-17)36-23-24-35-14-21(42(24)6-4-34-23)19-15-41(5-3-32)38-22(19)27(29,30)31/h1-2,4,6,11,14-15,17,33H,5,7-10,12-13H2,(H,34,36)(H,37,44). The fraction of sp³-hybridized carbons (Fsp3) is 0.333. The van der Waals surface area contributed by atoms with Crippen molar-refractivity contribution in [2.45, 2.75) is 18.8 Å². The second-order valence-corrected chi connectivity index (χ2v) is 10.7. The van der Waals surface area contributed by atoms with Gasteiger partial charge in [0.15, 0.2) is 17.2 Å². The number of nitrogens with zero attached hydrogens (tertiary/aromatic N) is 8. The molecule has 0 bridgehead atoms. The molecule has 0 unspecified atom stereocenters. The van der Waals surface area contributed by atoms with Crippen LogP contribution >= 0.6 is 11.6 Å². The van der Waals surface area contributed by atoms with Crippen LogP contribution in [0.3, 0.4) is 0 Å². The molecule has 0 saturated carbocycles. The Kier molecular flexibility index (Phi) is 7.74. The highest BCUT2D eigenvalue weighted by atomic mass is 35.5. The first-order chi connectivity index (χ1) is 21.1. The number of carbonyl (C=O) groups excluding carboxylic acids is 2. The molecular formula is C27H25ClF3N11O2. The van der Waals surface area contributed by atoms with E-state index in [9.17, 15) is 22.8 Å². The highest BCUT2D eigenvalue weighted by molar-refractivity contribution is 6.34. The number of urea groups is 1. The number of amides is 3. The molecule has 2 saturated heterocycles. The van der Waals surface area contributed by atoms with E-state index in [-0.39, 0.29) is 52.3 Å². The van der Waals surface area contributed by atoms with E-state index in [4.69, 9.17) is 16.9 Å². The Morgan fingerprint density at radius 3 is 2.55 bits per heavy atom. The molecule has 4 aromatic rings. The number of hydrogen-bond acceptors (Lipinski definition) is 8. The minimum absolute atomic E-state index is 0.110. The maximum Gasteiger partial charge on any atom is 0.435 e. The van der Waals surface area contributed by atoms with Gasteiger partial charge in [-0.3, -0.25) is 13.9 Å². The molecule has 6 rings (SSSR count). The number of halogens is 4. The van der Waals surface area contributed by atoms with Crippen molar-refractivity contribution in [3.8, 4) is 17.3 Å². The topological polar surface area (TPSA) is 149 Å². The largest absolute Gasteiger partial charge is 0.435 e. The number of alkyl halides is 3. The molecule has 3 amide bonds. The average Bonchev–Trinajstić information content (AvgIpc) is 3.60. The third-order valence-corrected chi connectivity index (χ3v) is 7.70. The van der Waals surface area contributed by atoms with Crippen LogP contribution in [-0.2, 0) is 12.7 Å². The fourth-order valence-electron chi connectivity index (χ4n) is 5.02. The Bertz CT molecular complexity index is 1770. The van der Waals surface area contributed by atoms with Crippen molar-refractivity contribution in [3.63, 3.8) is 0 Å². The summed E-state index contributed by atoms with van der Waals surface area (Å²) in [4.78, 5) is 37.5. The molecule has 2 aliphatic heterocycles. The van der Waals surface area contributed by atoms with Gasteiger partial charge in [-0.15, -0.1) is 0 Å². The molecule has 3 aromatic heterocycles. The summed E-state index contributed by atoms with van der Waals surface area (Å²) >= 11 is 6.51. The molecule has 1 aromatic carbocycles. The Hall–Kier alpha value is -4.88. The summed E-state index contributed by atoms with van der Waals surface area (Å²) in [6.07, 6.45) is 0.539. The summed E-state index contributed by atoms with van der Waals surface area (Å²) in [5.74, 6) is -0.0284. The number of benzene rings is 1. The zero-order valence-electron chi connectivity index (χ0n) is 23.0. The Morgan fingerprint density at radius 2 is 1.89 bits per heavy atom. The third-order valence-electron chi connectivity index (χ3n) is 7.39. The maximum atomic E-state index is 13.7. The smallest absolute Gasteiger partial charge is 0.337 e. The minimum Gasteiger partial charge on any atom is -0.337 e. The Morgan fingerprint density at radius 1 is 1.14 bits per heavy atom. The van der Waals surface area contributed by atoms with Crippen molar-refractivity contribution >= 4 is 40.7 Å². The molecule has 44 heavy (non-hydrogen) atoms. The third kappa shape index (κ3) is 5.71. The summed E-state index contributed by atoms with van der Waals surface area (Å²) in [7, 11) is 0. The van der Waals surface area contributed by atoms with Gasteiger partial charge in [-0.2, -0.15) is 23.5 Å². The number of fused-ring (bicyclic) bond motifs is 1. The van der Waals surface area contributed by atoms with E-state index in [0.29, 0.717) is 37.4 Å². The van der Waals surface area contributed by atoms with Gasteiger partial charge < -0.3 is 25.8 Å². The van der Waals surface area contributed by atoms with Crippen LogP contribution in [0, 0.1) is 11.3 Å². The molecule has 17 heteroatoms. The maximum absolute atomic E-state index is 13.7. The van der Waals surface area contributed by atoms with E-state index in [1.165, 1.54) is 23.0 Å². The first-order valence-corrected chi connectivity index (χ1v) is 14.0. The van der Waals surface area contributed by atoms with Crippen LogP contribution < -0.4 is 16.0 Å². The molecule has 13 nitrogen and oxygen atoms in total. The lowest BCUT2D eigenvalue weighted by atomic mass is 10.1. The summed E-state index contributed by atoms with van der Waals surface area (Å²) in [5.41, 5.74) is -0.265. The van der Waals surface area contributed by atoms with Crippen molar-refractivity contribution in [3.05, 3.63) is 59.3 Å². The number of carbonyl (C=O) groups is 2. The molecule has 0 radical (unpaired) electrons. The molecule has 0 spiro atoms. The number of nitrogens with one attached hydrogen (secondary N) is 3. The van der Waals surface area contributed by atoms with Gasteiger partial charge in [0.25, 0.3) is 5.91 Å². The molecule has 2 aliphatic rings. The quantitative estimate of drug-likeness (QED) is 0.296. The lowest BCUT2D eigenvalue weighted by Crippen LogP contribution is -2.61. The van der Waals surface area contributed by atoms with Crippen LogP contribution in [0.15, 0.2) is 43.0 Å². The first-order valence-electron chi connectivity index (χ1n) is 13.6. The number of nitriles is 1. The normalized spacial score (nSPS) is 15.6. The number of aromatic nitrogens is 5. The Balaban J connectivity index is 1.17. The van der Waals surface area contributed by atoms with Crippen LogP contribution in [0.1, 0.15) is 16.1 Å². The Labute approximate surface area is 253 Å². The van der Waals surface area contributed by atoms with Crippen molar-refractivity contribution < 1.29 is 22.8 Å². The van der Waals surface area contributed by atoms with Crippen LogP contribution in [0.25, 0.3) is 16.9 Å². The van der Waals surface area contributed by atoms with Gasteiger partial charge >= 0.3 is 12.2 Å². The monoisotopic (exact) mass is 627 g/mol. The SMILES string of the molecule is N#CCn1cc(-c2cnc3c(Nc4ccc(C(=O)N5CCN(C(=O)NC6CNC6)CC5)c(Cl)c4)nccn23)c(C(F)(F)F)n1. The van der Waals surface area contributed by atoms with Crippen LogP contribution in [0.5, 0.6) is 0 Å². The minimum atomic E-state index is -4.75. The summed E-state index contributed by atoms with van der Waals surface area (Å²) in [6.45, 7) is 2.69. The predicted octanol–water partition coefficient (Wildman–Crippen LogP) is 2.97. The summed E-state index contributed by atoms with van der Waals surface area (Å²) in [6, 6.07) is 6.54. The van der Waals surface area contributed by atoms with E-state index >= 15 is 0 Å². The van der Waals surface area contributed by atoms with Gasteiger partial charge in [0.05, 0.1) is 40.2 Å². The molecule has 3 N–H and O–H groups in total. The number of imidazole rings is 1. The molecule has 2 fully saturated rings. The highest BCUT2D eigenvalue weighted by Crippen LogP contribution is 2.37. The highest BCUT2D eigenvalue weighted by Gasteiger charge is 2.38. The lowest BCUT2D eigenvalue weighted by molar-refractivity contribution is -0.141. The van der Waals surface area contributed by atoms with Crippen molar-refractivity contribution in [1.82, 2.24) is 44.6 Å². The second kappa shape index (κ2) is 11.7. The van der Waals surface area contributed by atoms with Gasteiger partial charge in [0, 0.05) is 63.5 Å². The molecule has 0 aliphatic carbocycles. The van der Waals surface area contributed by atoms with Gasteiger partial charge in [0.1, 0.15) is 6.54 Å².